The van der Waals surface area contributed by atoms with Crippen molar-refractivity contribution in [3.05, 3.63) is 52.2 Å². The average Bonchev–Trinajstić information content (AvgIpc) is 3.24. The Morgan fingerprint density at radius 3 is 2.82 bits per heavy atom. The van der Waals surface area contributed by atoms with E-state index in [4.69, 9.17) is 14.2 Å². The van der Waals surface area contributed by atoms with Crippen LogP contribution in [0.5, 0.6) is 5.75 Å². The smallest absolute Gasteiger partial charge is 0.228 e. The van der Waals surface area contributed by atoms with Gasteiger partial charge in [-0.3, -0.25) is 4.79 Å². The van der Waals surface area contributed by atoms with Gasteiger partial charge in [-0.15, -0.1) is 11.3 Å². The van der Waals surface area contributed by atoms with E-state index in [-0.39, 0.29) is 30.1 Å². The molecule has 2 fully saturated rings. The van der Waals surface area contributed by atoms with Gasteiger partial charge in [-0.05, 0) is 44.2 Å². The van der Waals surface area contributed by atoms with Gasteiger partial charge >= 0.3 is 0 Å². The molecule has 0 saturated carbocycles. The number of rotatable bonds is 5. The van der Waals surface area contributed by atoms with Crippen LogP contribution in [0, 0.1) is 5.92 Å². The van der Waals surface area contributed by atoms with Crippen molar-refractivity contribution in [1.82, 2.24) is 4.90 Å². The first-order chi connectivity index (χ1) is 13.5. The second-order valence-corrected chi connectivity index (χ2v) is 9.31. The molecule has 28 heavy (non-hydrogen) atoms. The number of carbonyl (C=O) groups is 1. The number of hydrogen-bond acceptors (Lipinski definition) is 5. The molecule has 1 aromatic heterocycles. The van der Waals surface area contributed by atoms with Gasteiger partial charge in [-0.2, -0.15) is 0 Å². The fourth-order valence-corrected chi connectivity index (χ4v) is 5.34. The van der Waals surface area contributed by atoms with Crippen molar-refractivity contribution in [2.75, 3.05) is 13.2 Å². The van der Waals surface area contributed by atoms with Crippen molar-refractivity contribution in [2.45, 2.75) is 50.7 Å². The van der Waals surface area contributed by atoms with Gasteiger partial charge in [0.1, 0.15) is 24.2 Å². The molecule has 0 bridgehead atoms. The summed E-state index contributed by atoms with van der Waals surface area (Å²) in [7, 11) is 0. The van der Waals surface area contributed by atoms with Crippen molar-refractivity contribution in [3.63, 3.8) is 0 Å². The lowest BCUT2D eigenvalue weighted by molar-refractivity contribution is -0.152. The van der Waals surface area contributed by atoms with Gasteiger partial charge in [0.2, 0.25) is 5.91 Å². The van der Waals surface area contributed by atoms with E-state index in [1.54, 1.807) is 11.3 Å². The molecule has 0 spiro atoms. The Balaban J connectivity index is 1.48. The molecular weight excluding hydrogens is 374 g/mol. The number of benzene rings is 1. The highest BCUT2D eigenvalue weighted by Gasteiger charge is 2.54. The van der Waals surface area contributed by atoms with Crippen LogP contribution in [-0.2, 0) is 20.7 Å². The zero-order valence-electron chi connectivity index (χ0n) is 16.2. The Bertz CT molecular complexity index is 861. The molecule has 1 amide bonds. The zero-order chi connectivity index (χ0) is 19.3. The van der Waals surface area contributed by atoms with E-state index in [0.717, 1.165) is 30.8 Å². The topological polar surface area (TPSA) is 51.3 Å². The molecule has 3 aliphatic rings. The van der Waals surface area contributed by atoms with Crippen molar-refractivity contribution in [2.24, 2.45) is 5.92 Å². The van der Waals surface area contributed by atoms with Gasteiger partial charge in [0.25, 0.3) is 0 Å². The Kier molecular flexibility index (Phi) is 4.45. The number of ether oxygens (including phenoxy) is 3. The molecule has 1 aromatic carbocycles. The Hall–Kier alpha value is -1.89. The zero-order valence-corrected chi connectivity index (χ0v) is 17.0. The maximum absolute atomic E-state index is 13.9. The summed E-state index contributed by atoms with van der Waals surface area (Å²) in [5.74, 6) is 0.893. The molecule has 2 aromatic rings. The van der Waals surface area contributed by atoms with Crippen LogP contribution in [0.25, 0.3) is 0 Å². The van der Waals surface area contributed by atoms with E-state index in [2.05, 4.69) is 17.5 Å². The molecule has 2 saturated heterocycles. The summed E-state index contributed by atoms with van der Waals surface area (Å²) in [6.45, 7) is 5.20. The number of para-hydroxylation sites is 1. The summed E-state index contributed by atoms with van der Waals surface area (Å²) in [5, 5.41) is 2.07. The maximum Gasteiger partial charge on any atom is 0.228 e. The SMILES string of the molecule is CC1(C)O[C@@H]2COc3ccccc3[C@@H]2N1C(=O)[C@H](Cc1cccs1)C[C@H]1CO1. The number of epoxide rings is 1. The first-order valence-electron chi connectivity index (χ1n) is 9.89. The Labute approximate surface area is 169 Å². The van der Waals surface area contributed by atoms with Crippen LogP contribution in [0.2, 0.25) is 0 Å². The van der Waals surface area contributed by atoms with Gasteiger partial charge in [0.05, 0.1) is 18.8 Å². The van der Waals surface area contributed by atoms with Crippen molar-refractivity contribution >= 4 is 17.2 Å². The van der Waals surface area contributed by atoms with Crippen LogP contribution in [0.4, 0.5) is 0 Å². The molecule has 0 unspecified atom stereocenters. The molecule has 3 aliphatic heterocycles. The Morgan fingerprint density at radius 2 is 2.07 bits per heavy atom. The van der Waals surface area contributed by atoms with Crippen molar-refractivity contribution in [1.29, 1.82) is 0 Å². The standard InChI is InChI=1S/C22H25NO4S/c1-22(2)23(20-17-7-3-4-8-18(17)26-13-19(20)27-22)21(24)14(10-15-12-25-15)11-16-6-5-9-28-16/h3-9,14-15,19-20H,10-13H2,1-2H3/t14-,15-,19+,20-/m0/s1. The third-order valence-electron chi connectivity index (χ3n) is 5.86. The van der Waals surface area contributed by atoms with Gasteiger partial charge < -0.3 is 19.1 Å². The summed E-state index contributed by atoms with van der Waals surface area (Å²) in [4.78, 5) is 17.1. The lowest BCUT2D eigenvalue weighted by atomic mass is 9.92. The fraction of sp³-hybridized carbons (Fsp3) is 0.500. The van der Waals surface area contributed by atoms with Crippen LogP contribution < -0.4 is 4.74 Å². The third kappa shape index (κ3) is 3.23. The van der Waals surface area contributed by atoms with Crippen LogP contribution >= 0.6 is 11.3 Å². The molecule has 0 N–H and O–H groups in total. The summed E-state index contributed by atoms with van der Waals surface area (Å²) in [6, 6.07) is 12.0. The minimum absolute atomic E-state index is 0.109. The molecule has 6 heteroatoms. The number of nitrogens with zero attached hydrogens (tertiary/aromatic N) is 1. The summed E-state index contributed by atoms with van der Waals surface area (Å²) >= 11 is 1.71. The van der Waals surface area contributed by atoms with Gasteiger partial charge in [0, 0.05) is 16.4 Å². The number of thiophene rings is 1. The van der Waals surface area contributed by atoms with E-state index in [9.17, 15) is 4.79 Å². The Morgan fingerprint density at radius 1 is 1.25 bits per heavy atom. The van der Waals surface area contributed by atoms with Gasteiger partial charge in [-0.1, -0.05) is 24.3 Å². The quantitative estimate of drug-likeness (QED) is 0.718. The highest BCUT2D eigenvalue weighted by Crippen LogP contribution is 2.48. The van der Waals surface area contributed by atoms with Crippen LogP contribution in [0.15, 0.2) is 41.8 Å². The predicted molar refractivity (Wildman–Crippen MR) is 106 cm³/mol. The minimum atomic E-state index is -0.675. The fourth-order valence-electron chi connectivity index (χ4n) is 4.55. The van der Waals surface area contributed by atoms with E-state index in [1.807, 2.05) is 43.0 Å². The van der Waals surface area contributed by atoms with Crippen molar-refractivity contribution < 1.29 is 19.0 Å². The first-order valence-corrected chi connectivity index (χ1v) is 10.8. The minimum Gasteiger partial charge on any atom is -0.490 e. The normalized spacial score (nSPS) is 28.2. The highest BCUT2D eigenvalue weighted by atomic mass is 32.1. The molecular formula is C22H25NO4S. The highest BCUT2D eigenvalue weighted by molar-refractivity contribution is 7.09. The second-order valence-electron chi connectivity index (χ2n) is 8.28. The number of fused-ring (bicyclic) bond motifs is 3. The van der Waals surface area contributed by atoms with Gasteiger partial charge in [-0.25, -0.2) is 0 Å². The van der Waals surface area contributed by atoms with E-state index in [1.165, 1.54) is 4.88 Å². The van der Waals surface area contributed by atoms with Crippen LogP contribution in [0.3, 0.4) is 0 Å². The number of hydrogen-bond donors (Lipinski definition) is 0. The van der Waals surface area contributed by atoms with Gasteiger partial charge in [0.15, 0.2) is 0 Å². The lowest BCUT2D eigenvalue weighted by Gasteiger charge is -2.37. The monoisotopic (exact) mass is 399 g/mol. The van der Waals surface area contributed by atoms with Crippen LogP contribution in [-0.4, -0.2) is 42.0 Å². The number of amides is 1. The molecule has 4 atom stereocenters. The summed E-state index contributed by atoms with van der Waals surface area (Å²) < 4.78 is 17.7. The van der Waals surface area contributed by atoms with Crippen molar-refractivity contribution in [3.8, 4) is 5.75 Å². The molecule has 148 valence electrons. The molecule has 0 aliphatic carbocycles. The maximum atomic E-state index is 13.9. The number of carbonyl (C=O) groups excluding carboxylic acids is 1. The molecule has 0 radical (unpaired) electrons. The largest absolute Gasteiger partial charge is 0.490 e. The summed E-state index contributed by atoms with van der Waals surface area (Å²) in [5.41, 5.74) is 0.362. The van der Waals surface area contributed by atoms with E-state index in [0.29, 0.717) is 6.61 Å². The third-order valence-corrected chi connectivity index (χ3v) is 6.75. The van der Waals surface area contributed by atoms with E-state index < -0.39 is 5.72 Å². The average molecular weight is 400 g/mol. The van der Waals surface area contributed by atoms with Crippen LogP contribution in [0.1, 0.15) is 36.8 Å². The molecule has 5 rings (SSSR count). The molecule has 5 nitrogen and oxygen atoms in total. The summed E-state index contributed by atoms with van der Waals surface area (Å²) in [6.07, 6.45) is 1.57. The predicted octanol–water partition coefficient (Wildman–Crippen LogP) is 3.79. The first kappa shape index (κ1) is 18.2. The molecule has 4 heterocycles. The second kappa shape index (κ2) is 6.87. The lowest BCUT2D eigenvalue weighted by Crippen LogP contribution is -2.48. The van der Waals surface area contributed by atoms with E-state index >= 15 is 0 Å².